The number of piperidine rings is 1. The first kappa shape index (κ1) is 24.2. The lowest BCUT2D eigenvalue weighted by Crippen LogP contribution is -2.54. The first-order valence-corrected chi connectivity index (χ1v) is 14.2. The van der Waals surface area contributed by atoms with Crippen LogP contribution in [0.4, 0.5) is 0 Å². The number of sulfonamides is 1. The van der Waals surface area contributed by atoms with E-state index in [1.165, 1.54) is 4.90 Å². The number of nitrogens with zero attached hydrogens (tertiary/aromatic N) is 3. The Labute approximate surface area is 212 Å². The normalized spacial score (nSPS) is 21.1. The highest BCUT2D eigenvalue weighted by Gasteiger charge is 2.35. The Balaban J connectivity index is 1.22. The van der Waals surface area contributed by atoms with Gasteiger partial charge >= 0.3 is 0 Å². The quantitative estimate of drug-likeness (QED) is 0.525. The number of carbonyl (C=O) groups is 2. The van der Waals surface area contributed by atoms with E-state index in [9.17, 15) is 18.0 Å². The van der Waals surface area contributed by atoms with Crippen molar-refractivity contribution in [3.05, 3.63) is 59.4 Å². The highest BCUT2D eigenvalue weighted by atomic mass is 35.5. The first-order valence-electron chi connectivity index (χ1n) is 11.5. The molecule has 3 aromatic rings. The third-order valence-corrected chi connectivity index (χ3v) is 9.87. The molecular weight excluding hydrogens is 508 g/mol. The number of carbonyl (C=O) groups excluding carboxylic acids is 2. The Hall–Kier alpha value is -2.53. The van der Waals surface area contributed by atoms with Crippen LogP contribution in [0.2, 0.25) is 5.02 Å². The Kier molecular flexibility index (Phi) is 6.80. The molecule has 2 aliphatic rings. The van der Waals surface area contributed by atoms with Gasteiger partial charge in [0.2, 0.25) is 11.8 Å². The fourth-order valence-electron chi connectivity index (χ4n) is 4.71. The number of nitrogens with one attached hydrogen (secondary N) is 1. The second-order valence-electron chi connectivity index (χ2n) is 8.94. The summed E-state index contributed by atoms with van der Waals surface area (Å²) in [4.78, 5) is 33.5. The lowest BCUT2D eigenvalue weighted by atomic mass is 10.0. The van der Waals surface area contributed by atoms with E-state index in [1.54, 1.807) is 35.4 Å². The minimum Gasteiger partial charge on any atom is -0.341 e. The van der Waals surface area contributed by atoms with E-state index in [4.69, 9.17) is 11.6 Å². The molecule has 1 unspecified atom stereocenters. The molecule has 0 saturated carbocycles. The summed E-state index contributed by atoms with van der Waals surface area (Å²) in [5.74, 6) is -0.240. The third-order valence-electron chi connectivity index (χ3n) is 6.57. The van der Waals surface area contributed by atoms with Gasteiger partial charge in [0.05, 0.1) is 6.54 Å². The minimum atomic E-state index is -3.90. The summed E-state index contributed by atoms with van der Waals surface area (Å²) >= 11 is 7.15. The Bertz CT molecular complexity index is 1360. The van der Waals surface area contributed by atoms with Crippen molar-refractivity contribution in [2.75, 3.05) is 26.2 Å². The molecule has 0 radical (unpaired) electrons. The van der Waals surface area contributed by atoms with Gasteiger partial charge in [-0.15, -0.1) is 11.3 Å². The van der Waals surface area contributed by atoms with Crippen LogP contribution in [-0.4, -0.2) is 67.2 Å². The molecular formula is C24H25ClN4O4S2. The number of likely N-dealkylation sites (tertiary alicyclic amines) is 2. The van der Waals surface area contributed by atoms with Gasteiger partial charge < -0.3 is 9.80 Å². The molecule has 2 aromatic heterocycles. The number of thiophene rings is 1. The van der Waals surface area contributed by atoms with Crippen molar-refractivity contribution in [2.24, 2.45) is 0 Å². The zero-order valence-electron chi connectivity index (χ0n) is 18.9. The topological polar surface area (TPSA) is 99.7 Å². The number of halogens is 1. The van der Waals surface area contributed by atoms with E-state index in [1.807, 2.05) is 18.3 Å². The minimum absolute atomic E-state index is 0.0434. The number of pyridine rings is 1. The Morgan fingerprint density at radius 1 is 1.20 bits per heavy atom. The average molecular weight is 533 g/mol. The predicted molar refractivity (Wildman–Crippen MR) is 135 cm³/mol. The second-order valence-corrected chi connectivity index (χ2v) is 12.4. The zero-order chi connectivity index (χ0) is 24.6. The maximum atomic E-state index is 13.1. The molecule has 2 fully saturated rings. The van der Waals surface area contributed by atoms with Gasteiger partial charge in [-0.05, 0) is 60.5 Å². The smallest absolute Gasteiger partial charge is 0.250 e. The molecule has 2 aliphatic heterocycles. The molecule has 8 nitrogen and oxygen atoms in total. The second kappa shape index (κ2) is 9.85. The summed E-state index contributed by atoms with van der Waals surface area (Å²) in [5.41, 5.74) is 1.11. The molecule has 4 heterocycles. The molecule has 2 saturated heterocycles. The van der Waals surface area contributed by atoms with Gasteiger partial charge in [-0.3, -0.25) is 14.6 Å². The van der Waals surface area contributed by atoms with Crippen LogP contribution in [0, 0.1) is 0 Å². The van der Waals surface area contributed by atoms with Gasteiger partial charge in [-0.2, -0.15) is 4.72 Å². The molecule has 35 heavy (non-hydrogen) atoms. The summed E-state index contributed by atoms with van der Waals surface area (Å²) in [7, 11) is -3.90. The SMILES string of the molecule is O=C(CN1CCC[C@H](NS(=O)(=O)c2cc3cc(Cl)ccc3s2)C1=O)N1CCC(c2cccnc2)C1. The van der Waals surface area contributed by atoms with Crippen LogP contribution in [0.15, 0.2) is 53.0 Å². The van der Waals surface area contributed by atoms with Crippen LogP contribution in [-0.2, 0) is 19.6 Å². The third kappa shape index (κ3) is 5.20. The van der Waals surface area contributed by atoms with Gasteiger partial charge in [0.1, 0.15) is 10.3 Å². The van der Waals surface area contributed by atoms with Crippen LogP contribution in [0.5, 0.6) is 0 Å². The number of hydrogen-bond donors (Lipinski definition) is 1. The van der Waals surface area contributed by atoms with Crippen molar-refractivity contribution in [3.63, 3.8) is 0 Å². The summed E-state index contributed by atoms with van der Waals surface area (Å²) < 4.78 is 29.5. The molecule has 0 aliphatic carbocycles. The van der Waals surface area contributed by atoms with Gasteiger partial charge in [0.25, 0.3) is 10.0 Å². The summed E-state index contributed by atoms with van der Waals surface area (Å²) in [6.45, 7) is 1.62. The largest absolute Gasteiger partial charge is 0.341 e. The molecule has 0 bridgehead atoms. The molecule has 11 heteroatoms. The van der Waals surface area contributed by atoms with Crippen molar-refractivity contribution in [2.45, 2.75) is 35.4 Å². The highest BCUT2D eigenvalue weighted by Crippen LogP contribution is 2.31. The van der Waals surface area contributed by atoms with Crippen LogP contribution < -0.4 is 4.72 Å². The van der Waals surface area contributed by atoms with Gasteiger partial charge in [0.15, 0.2) is 0 Å². The summed E-state index contributed by atoms with van der Waals surface area (Å²) in [5, 5.41) is 1.26. The maximum absolute atomic E-state index is 13.1. The van der Waals surface area contributed by atoms with E-state index in [2.05, 4.69) is 9.71 Å². The van der Waals surface area contributed by atoms with Crippen molar-refractivity contribution in [1.29, 1.82) is 0 Å². The van der Waals surface area contributed by atoms with Crippen LogP contribution in [0.25, 0.3) is 10.1 Å². The van der Waals surface area contributed by atoms with E-state index in [0.717, 1.165) is 33.4 Å². The van der Waals surface area contributed by atoms with Crippen molar-refractivity contribution in [3.8, 4) is 0 Å². The molecule has 1 N–H and O–H groups in total. The van der Waals surface area contributed by atoms with Gasteiger partial charge in [0, 0.05) is 47.7 Å². The standard InChI is InChI=1S/C24H25ClN4O4S2/c25-19-5-6-21-18(11-19)12-23(34-21)35(32,33)27-20-4-2-9-29(24(20)31)15-22(30)28-10-7-17(14-28)16-3-1-8-26-13-16/h1,3,5-6,8,11-13,17,20,27H,2,4,7,9-10,14-15H2/t17?,20-/m0/s1. The lowest BCUT2D eigenvalue weighted by Gasteiger charge is -2.33. The fourth-order valence-corrected chi connectivity index (χ4v) is 7.51. The Morgan fingerprint density at radius 2 is 2.06 bits per heavy atom. The molecule has 184 valence electrons. The predicted octanol–water partition coefficient (Wildman–Crippen LogP) is 3.24. The number of amides is 2. The van der Waals surface area contributed by atoms with E-state index < -0.39 is 16.1 Å². The molecule has 0 spiro atoms. The number of aromatic nitrogens is 1. The highest BCUT2D eigenvalue weighted by molar-refractivity contribution is 7.91. The number of rotatable bonds is 6. The molecule has 2 atom stereocenters. The van der Waals surface area contributed by atoms with Crippen molar-refractivity contribution < 1.29 is 18.0 Å². The number of fused-ring (bicyclic) bond motifs is 1. The maximum Gasteiger partial charge on any atom is 0.250 e. The molecule has 2 amide bonds. The van der Waals surface area contributed by atoms with Crippen LogP contribution in [0.1, 0.15) is 30.7 Å². The zero-order valence-corrected chi connectivity index (χ0v) is 21.3. The Morgan fingerprint density at radius 3 is 2.86 bits per heavy atom. The van der Waals surface area contributed by atoms with Crippen LogP contribution >= 0.6 is 22.9 Å². The van der Waals surface area contributed by atoms with E-state index in [-0.39, 0.29) is 28.5 Å². The lowest BCUT2D eigenvalue weighted by molar-refractivity contribution is -0.142. The monoisotopic (exact) mass is 532 g/mol. The molecule has 1 aromatic carbocycles. The van der Waals surface area contributed by atoms with Crippen LogP contribution in [0.3, 0.4) is 0 Å². The average Bonchev–Trinajstić information content (AvgIpc) is 3.50. The summed E-state index contributed by atoms with van der Waals surface area (Å²) in [6, 6.07) is 9.78. The first-order chi connectivity index (χ1) is 16.8. The van der Waals surface area contributed by atoms with E-state index in [0.29, 0.717) is 37.5 Å². The number of benzene rings is 1. The fraction of sp³-hybridized carbons (Fsp3) is 0.375. The van der Waals surface area contributed by atoms with Gasteiger partial charge in [-0.25, -0.2) is 8.42 Å². The number of hydrogen-bond acceptors (Lipinski definition) is 6. The van der Waals surface area contributed by atoms with Crippen molar-refractivity contribution in [1.82, 2.24) is 19.5 Å². The van der Waals surface area contributed by atoms with Crippen molar-refractivity contribution >= 4 is 54.9 Å². The molecule has 5 rings (SSSR count). The summed E-state index contributed by atoms with van der Waals surface area (Å²) in [6.07, 6.45) is 5.42. The van der Waals surface area contributed by atoms with Gasteiger partial charge in [-0.1, -0.05) is 17.7 Å². The van der Waals surface area contributed by atoms with E-state index >= 15 is 0 Å².